The first-order valence-corrected chi connectivity index (χ1v) is 4.13. The molecule has 1 amide bonds. The molecule has 0 N–H and O–H groups in total. The third kappa shape index (κ3) is 0.874. The van der Waals surface area contributed by atoms with Gasteiger partial charge in [0.1, 0.15) is 5.72 Å². The molecule has 0 spiro atoms. The SMILES string of the molecule is CC1(C)OC[C@@H]2CC(F)C(=O)N21. The number of nitrogens with zero attached hydrogens (tertiary/aromatic N) is 1. The average Bonchev–Trinajstić information content (AvgIpc) is 2.39. The number of alkyl halides is 1. The van der Waals surface area contributed by atoms with E-state index in [0.717, 1.165) is 0 Å². The van der Waals surface area contributed by atoms with Crippen LogP contribution < -0.4 is 0 Å². The fourth-order valence-corrected chi connectivity index (χ4v) is 1.99. The molecule has 2 saturated heterocycles. The first-order valence-electron chi connectivity index (χ1n) is 4.13. The van der Waals surface area contributed by atoms with Gasteiger partial charge in [0, 0.05) is 6.42 Å². The van der Waals surface area contributed by atoms with Gasteiger partial charge in [0.25, 0.3) is 5.91 Å². The number of halogens is 1. The van der Waals surface area contributed by atoms with Crippen LogP contribution in [-0.2, 0) is 9.53 Å². The fraction of sp³-hybridized carbons (Fsp3) is 0.875. The van der Waals surface area contributed by atoms with E-state index in [2.05, 4.69) is 0 Å². The molecule has 0 aromatic heterocycles. The smallest absolute Gasteiger partial charge is 0.259 e. The summed E-state index contributed by atoms with van der Waals surface area (Å²) in [5, 5.41) is 0. The Morgan fingerprint density at radius 1 is 1.67 bits per heavy atom. The zero-order valence-corrected chi connectivity index (χ0v) is 7.21. The number of fused-ring (bicyclic) bond motifs is 1. The van der Waals surface area contributed by atoms with E-state index in [1.807, 2.05) is 0 Å². The lowest BCUT2D eigenvalue weighted by Gasteiger charge is -2.28. The van der Waals surface area contributed by atoms with Gasteiger partial charge in [-0.25, -0.2) is 4.39 Å². The van der Waals surface area contributed by atoms with E-state index in [0.29, 0.717) is 13.0 Å². The highest BCUT2D eigenvalue weighted by atomic mass is 19.1. The van der Waals surface area contributed by atoms with Crippen molar-refractivity contribution in [2.75, 3.05) is 6.61 Å². The Bertz CT molecular complexity index is 229. The first kappa shape index (κ1) is 7.98. The van der Waals surface area contributed by atoms with E-state index in [-0.39, 0.29) is 6.04 Å². The number of rotatable bonds is 0. The molecular formula is C8H12FNO2. The molecule has 0 aromatic carbocycles. The second-order valence-electron chi connectivity index (χ2n) is 3.82. The summed E-state index contributed by atoms with van der Waals surface area (Å²) < 4.78 is 18.3. The third-order valence-corrected chi connectivity index (χ3v) is 2.56. The van der Waals surface area contributed by atoms with Crippen LogP contribution in [-0.4, -0.2) is 35.4 Å². The minimum absolute atomic E-state index is 0.0394. The molecule has 4 heteroatoms. The molecule has 2 fully saturated rings. The average molecular weight is 173 g/mol. The van der Waals surface area contributed by atoms with Crippen LogP contribution in [0.4, 0.5) is 4.39 Å². The van der Waals surface area contributed by atoms with Gasteiger partial charge in [0.2, 0.25) is 0 Å². The molecule has 3 nitrogen and oxygen atoms in total. The molecule has 0 radical (unpaired) electrons. The normalized spacial score (nSPS) is 38.9. The van der Waals surface area contributed by atoms with Gasteiger partial charge in [-0.15, -0.1) is 0 Å². The highest BCUT2D eigenvalue weighted by molar-refractivity contribution is 5.84. The summed E-state index contributed by atoms with van der Waals surface area (Å²) >= 11 is 0. The molecule has 1 unspecified atom stereocenters. The van der Waals surface area contributed by atoms with E-state index in [9.17, 15) is 9.18 Å². The maximum absolute atomic E-state index is 12.9. The van der Waals surface area contributed by atoms with Crippen LogP contribution in [0.1, 0.15) is 20.3 Å². The monoisotopic (exact) mass is 173 g/mol. The summed E-state index contributed by atoms with van der Waals surface area (Å²) in [5.41, 5.74) is -0.609. The Morgan fingerprint density at radius 2 is 2.33 bits per heavy atom. The maximum Gasteiger partial charge on any atom is 0.259 e. The molecule has 2 aliphatic rings. The molecule has 68 valence electrons. The van der Waals surface area contributed by atoms with Crippen molar-refractivity contribution in [3.05, 3.63) is 0 Å². The van der Waals surface area contributed by atoms with Crippen molar-refractivity contribution in [3.8, 4) is 0 Å². The summed E-state index contributed by atoms with van der Waals surface area (Å²) in [6, 6.07) is -0.0394. The van der Waals surface area contributed by atoms with Crippen molar-refractivity contribution in [2.24, 2.45) is 0 Å². The van der Waals surface area contributed by atoms with Crippen molar-refractivity contribution < 1.29 is 13.9 Å². The Kier molecular flexibility index (Phi) is 1.46. The van der Waals surface area contributed by atoms with Gasteiger partial charge in [-0.1, -0.05) is 0 Å². The first-order chi connectivity index (χ1) is 5.52. The predicted octanol–water partition coefficient (Wildman–Crippen LogP) is 0.692. The van der Waals surface area contributed by atoms with E-state index in [1.54, 1.807) is 13.8 Å². The molecule has 0 bridgehead atoms. The van der Waals surface area contributed by atoms with Gasteiger partial charge >= 0.3 is 0 Å². The predicted molar refractivity (Wildman–Crippen MR) is 40.2 cm³/mol. The topological polar surface area (TPSA) is 29.5 Å². The minimum atomic E-state index is -1.31. The van der Waals surface area contributed by atoms with Gasteiger partial charge in [0.05, 0.1) is 12.6 Å². The molecular weight excluding hydrogens is 161 g/mol. The van der Waals surface area contributed by atoms with Crippen LogP contribution in [0.15, 0.2) is 0 Å². The number of hydrogen-bond acceptors (Lipinski definition) is 2. The van der Waals surface area contributed by atoms with Crippen molar-refractivity contribution in [3.63, 3.8) is 0 Å². The summed E-state index contributed by atoms with van der Waals surface area (Å²) in [4.78, 5) is 12.8. The Morgan fingerprint density at radius 3 is 2.92 bits per heavy atom. The largest absolute Gasteiger partial charge is 0.354 e. The number of carbonyl (C=O) groups is 1. The van der Waals surface area contributed by atoms with Gasteiger partial charge in [-0.2, -0.15) is 0 Å². The third-order valence-electron chi connectivity index (χ3n) is 2.56. The van der Waals surface area contributed by atoms with Crippen molar-refractivity contribution >= 4 is 5.91 Å². The van der Waals surface area contributed by atoms with Crippen LogP contribution in [0.5, 0.6) is 0 Å². The minimum Gasteiger partial charge on any atom is -0.354 e. The number of amides is 1. The molecule has 2 heterocycles. The number of ether oxygens (including phenoxy) is 1. The van der Waals surface area contributed by atoms with Crippen molar-refractivity contribution in [1.82, 2.24) is 4.90 Å². The van der Waals surface area contributed by atoms with Gasteiger partial charge in [0.15, 0.2) is 6.17 Å². The lowest BCUT2D eigenvalue weighted by atomic mass is 10.2. The van der Waals surface area contributed by atoms with Gasteiger partial charge in [-0.05, 0) is 13.8 Å². The van der Waals surface area contributed by atoms with Crippen LogP contribution in [0.2, 0.25) is 0 Å². The highest BCUT2D eigenvalue weighted by Crippen LogP contribution is 2.35. The van der Waals surface area contributed by atoms with E-state index >= 15 is 0 Å². The Hall–Kier alpha value is -0.640. The lowest BCUT2D eigenvalue weighted by molar-refractivity contribution is -0.145. The van der Waals surface area contributed by atoms with Crippen molar-refractivity contribution in [2.45, 2.75) is 38.2 Å². The second-order valence-corrected chi connectivity index (χ2v) is 3.82. The molecule has 2 atom stereocenters. The van der Waals surface area contributed by atoms with Crippen molar-refractivity contribution in [1.29, 1.82) is 0 Å². The summed E-state index contributed by atoms with van der Waals surface area (Å²) in [6.45, 7) is 4.06. The van der Waals surface area contributed by atoms with E-state index in [4.69, 9.17) is 4.74 Å². The molecule has 0 aliphatic carbocycles. The quantitative estimate of drug-likeness (QED) is 0.539. The number of hydrogen-bond donors (Lipinski definition) is 0. The molecule has 0 aromatic rings. The molecule has 2 rings (SSSR count). The molecule has 0 saturated carbocycles. The van der Waals surface area contributed by atoms with Crippen LogP contribution >= 0.6 is 0 Å². The van der Waals surface area contributed by atoms with Gasteiger partial charge in [-0.3, -0.25) is 4.79 Å². The van der Waals surface area contributed by atoms with Crippen LogP contribution in [0, 0.1) is 0 Å². The molecule has 2 aliphatic heterocycles. The summed E-state index contributed by atoms with van der Waals surface area (Å²) in [5.74, 6) is -0.414. The second kappa shape index (κ2) is 2.19. The standard InChI is InChI=1S/C8H12FNO2/c1-8(2)10-5(4-12-8)3-6(9)7(10)11/h5-6H,3-4H2,1-2H3/t5-,6?/m0/s1. The number of carbonyl (C=O) groups excluding carboxylic acids is 1. The Labute approximate surface area is 70.5 Å². The zero-order chi connectivity index (χ0) is 8.93. The Balaban J connectivity index is 2.27. The van der Waals surface area contributed by atoms with E-state index < -0.39 is 17.8 Å². The van der Waals surface area contributed by atoms with E-state index in [1.165, 1.54) is 4.90 Å². The fourth-order valence-electron chi connectivity index (χ4n) is 1.99. The highest BCUT2D eigenvalue weighted by Gasteiger charge is 2.51. The van der Waals surface area contributed by atoms with Crippen LogP contribution in [0.25, 0.3) is 0 Å². The summed E-state index contributed by atoms with van der Waals surface area (Å²) in [6.07, 6.45) is -1.01. The summed E-state index contributed by atoms with van der Waals surface area (Å²) in [7, 11) is 0. The maximum atomic E-state index is 12.9. The zero-order valence-electron chi connectivity index (χ0n) is 7.21. The van der Waals surface area contributed by atoms with Crippen LogP contribution in [0.3, 0.4) is 0 Å². The van der Waals surface area contributed by atoms with Gasteiger partial charge < -0.3 is 9.64 Å². The lowest BCUT2D eigenvalue weighted by Crippen LogP contribution is -2.44. The molecule has 12 heavy (non-hydrogen) atoms.